The van der Waals surface area contributed by atoms with Crippen molar-refractivity contribution in [3.05, 3.63) is 57.9 Å². The Hall–Kier alpha value is -2.52. The van der Waals surface area contributed by atoms with Crippen LogP contribution in [-0.2, 0) is 24.2 Å². The summed E-state index contributed by atoms with van der Waals surface area (Å²) < 4.78 is 64.0. The fourth-order valence-electron chi connectivity index (χ4n) is 4.76. The van der Waals surface area contributed by atoms with E-state index in [1.807, 2.05) is 4.90 Å². The first-order valence-electron chi connectivity index (χ1n) is 11.4. The van der Waals surface area contributed by atoms with Gasteiger partial charge in [0.1, 0.15) is 11.4 Å². The zero-order valence-electron chi connectivity index (χ0n) is 19.1. The second kappa shape index (κ2) is 9.85. The Morgan fingerprint density at radius 2 is 1.91 bits per heavy atom. The number of carboxylic acids is 1. The molecule has 0 aliphatic carbocycles. The number of nitrogens with zero attached hydrogens (tertiary/aromatic N) is 1. The minimum atomic E-state index is -4.80. The van der Waals surface area contributed by atoms with E-state index in [1.54, 1.807) is 12.1 Å². The fourth-order valence-corrected chi connectivity index (χ4v) is 4.95. The van der Waals surface area contributed by atoms with Crippen molar-refractivity contribution in [1.29, 1.82) is 0 Å². The van der Waals surface area contributed by atoms with Gasteiger partial charge in [-0.3, -0.25) is 9.69 Å². The molecule has 190 valence electrons. The SMILES string of the molecule is CC(Cc1ccc2c(c1F)OC1(CC2)CCN(Cc2cc(Cl)ccc2OC(F)(F)F)CC1)C(=O)O. The fraction of sp³-hybridized carbons (Fsp3) is 0.480. The molecule has 1 saturated heterocycles. The van der Waals surface area contributed by atoms with Crippen LogP contribution in [0.4, 0.5) is 17.6 Å². The van der Waals surface area contributed by atoms with Crippen LogP contribution < -0.4 is 9.47 Å². The van der Waals surface area contributed by atoms with Gasteiger partial charge in [0.05, 0.1) is 5.92 Å². The van der Waals surface area contributed by atoms with Crippen LogP contribution in [0.5, 0.6) is 11.5 Å². The van der Waals surface area contributed by atoms with Crippen molar-refractivity contribution in [3.63, 3.8) is 0 Å². The predicted molar refractivity (Wildman–Crippen MR) is 121 cm³/mol. The normalized spacial score (nSPS) is 18.6. The predicted octanol–water partition coefficient (Wildman–Crippen LogP) is 6.00. The summed E-state index contributed by atoms with van der Waals surface area (Å²) in [5.74, 6) is -2.31. The topological polar surface area (TPSA) is 59.0 Å². The Labute approximate surface area is 205 Å². The van der Waals surface area contributed by atoms with Gasteiger partial charge < -0.3 is 14.6 Å². The third-order valence-corrected chi connectivity index (χ3v) is 7.02. The Morgan fingerprint density at radius 3 is 2.57 bits per heavy atom. The molecule has 2 aromatic rings. The third kappa shape index (κ3) is 6.01. The number of fused-ring (bicyclic) bond motifs is 1. The Kier molecular flexibility index (Phi) is 7.20. The number of halogens is 5. The van der Waals surface area contributed by atoms with Crippen molar-refractivity contribution in [2.75, 3.05) is 13.1 Å². The molecule has 5 nitrogen and oxygen atoms in total. The summed E-state index contributed by atoms with van der Waals surface area (Å²) >= 11 is 6.00. The van der Waals surface area contributed by atoms with Crippen molar-refractivity contribution in [2.45, 2.75) is 57.5 Å². The number of aryl methyl sites for hydroxylation is 1. The van der Waals surface area contributed by atoms with Gasteiger partial charge in [0.15, 0.2) is 11.6 Å². The average Bonchev–Trinajstić information content (AvgIpc) is 2.79. The van der Waals surface area contributed by atoms with E-state index in [1.165, 1.54) is 25.1 Å². The Morgan fingerprint density at radius 1 is 1.20 bits per heavy atom. The smallest absolute Gasteiger partial charge is 0.484 e. The lowest BCUT2D eigenvalue weighted by Gasteiger charge is -2.45. The summed E-state index contributed by atoms with van der Waals surface area (Å²) in [6.07, 6.45) is -2.23. The monoisotopic (exact) mass is 515 g/mol. The maximum absolute atomic E-state index is 15.3. The molecule has 0 amide bonds. The van der Waals surface area contributed by atoms with Gasteiger partial charge in [0.2, 0.25) is 0 Å². The molecular formula is C25H26ClF4NO4. The van der Waals surface area contributed by atoms with Gasteiger partial charge in [0, 0.05) is 30.2 Å². The van der Waals surface area contributed by atoms with Crippen molar-refractivity contribution in [3.8, 4) is 11.5 Å². The molecule has 4 rings (SSSR count). The minimum absolute atomic E-state index is 0.0700. The lowest BCUT2D eigenvalue weighted by Crippen LogP contribution is -2.49. The molecule has 0 bridgehead atoms. The maximum Gasteiger partial charge on any atom is 0.573 e. The number of aliphatic carboxylic acids is 1. The summed E-state index contributed by atoms with van der Waals surface area (Å²) in [5, 5.41) is 9.48. The highest BCUT2D eigenvalue weighted by atomic mass is 35.5. The van der Waals surface area contributed by atoms with Gasteiger partial charge in [-0.2, -0.15) is 0 Å². The second-order valence-electron chi connectivity index (χ2n) is 9.33. The number of ether oxygens (including phenoxy) is 2. The molecular weight excluding hydrogens is 490 g/mol. The van der Waals surface area contributed by atoms with Crippen LogP contribution in [0.3, 0.4) is 0 Å². The largest absolute Gasteiger partial charge is 0.573 e. The minimum Gasteiger partial charge on any atom is -0.484 e. The Bertz CT molecular complexity index is 1100. The van der Waals surface area contributed by atoms with Crippen LogP contribution in [0.2, 0.25) is 5.02 Å². The summed E-state index contributed by atoms with van der Waals surface area (Å²) in [7, 11) is 0. The van der Waals surface area contributed by atoms with Crippen molar-refractivity contribution in [2.24, 2.45) is 5.92 Å². The molecule has 1 atom stereocenters. The number of rotatable bonds is 6. The van der Waals surface area contributed by atoms with Crippen LogP contribution >= 0.6 is 11.6 Å². The van der Waals surface area contributed by atoms with E-state index in [9.17, 15) is 18.0 Å². The summed E-state index contributed by atoms with van der Waals surface area (Å²) in [4.78, 5) is 13.2. The number of benzene rings is 2. The number of carboxylic acid groups (broad SMARTS) is 1. The van der Waals surface area contributed by atoms with Crippen LogP contribution in [-0.4, -0.2) is 41.0 Å². The van der Waals surface area contributed by atoms with Crippen molar-refractivity contribution < 1.29 is 36.9 Å². The van der Waals surface area contributed by atoms with Gasteiger partial charge in [-0.05, 0) is 61.4 Å². The number of alkyl halides is 3. The molecule has 2 heterocycles. The molecule has 2 aromatic carbocycles. The molecule has 0 radical (unpaired) electrons. The van der Waals surface area contributed by atoms with Crippen LogP contribution in [0.1, 0.15) is 42.9 Å². The summed E-state index contributed by atoms with van der Waals surface area (Å²) in [6.45, 7) is 2.85. The third-order valence-electron chi connectivity index (χ3n) is 6.78. The van der Waals surface area contributed by atoms with Gasteiger partial charge >= 0.3 is 12.3 Å². The van der Waals surface area contributed by atoms with E-state index in [0.29, 0.717) is 54.9 Å². The standard InChI is InChI=1S/C25H26ClF4NO4/c1-15(23(32)33)12-17-3-2-16-6-7-24(35-22(16)21(17)27)8-10-31(11-9-24)14-18-13-19(26)4-5-20(18)34-25(28,29)30/h2-5,13,15H,6-12,14H2,1H3,(H,32,33). The number of piperidine rings is 1. The first kappa shape index (κ1) is 25.6. The summed E-state index contributed by atoms with van der Waals surface area (Å²) in [5.41, 5.74) is 0.839. The van der Waals surface area contributed by atoms with E-state index in [-0.39, 0.29) is 24.5 Å². The molecule has 0 saturated carbocycles. The highest BCUT2D eigenvalue weighted by Gasteiger charge is 2.41. The molecule has 1 N–H and O–H groups in total. The molecule has 10 heteroatoms. The van der Waals surface area contributed by atoms with E-state index < -0.39 is 29.7 Å². The first-order valence-corrected chi connectivity index (χ1v) is 11.8. The lowest BCUT2D eigenvalue weighted by atomic mass is 9.82. The maximum atomic E-state index is 15.3. The molecule has 1 fully saturated rings. The number of hydrogen-bond donors (Lipinski definition) is 1. The molecule has 35 heavy (non-hydrogen) atoms. The van der Waals surface area contributed by atoms with E-state index in [2.05, 4.69) is 4.74 Å². The molecule has 1 spiro atoms. The van der Waals surface area contributed by atoms with Gasteiger partial charge in [0.25, 0.3) is 0 Å². The number of likely N-dealkylation sites (tertiary alicyclic amines) is 1. The van der Waals surface area contributed by atoms with Crippen LogP contribution in [0.15, 0.2) is 30.3 Å². The van der Waals surface area contributed by atoms with Gasteiger partial charge in [-0.15, -0.1) is 13.2 Å². The van der Waals surface area contributed by atoms with E-state index in [0.717, 1.165) is 5.56 Å². The van der Waals surface area contributed by atoms with Gasteiger partial charge in [-0.25, -0.2) is 4.39 Å². The lowest BCUT2D eigenvalue weighted by molar-refractivity contribution is -0.275. The van der Waals surface area contributed by atoms with Crippen LogP contribution in [0, 0.1) is 11.7 Å². The molecule has 0 aromatic heterocycles. The van der Waals surface area contributed by atoms with Crippen molar-refractivity contribution >= 4 is 17.6 Å². The molecule has 2 aliphatic heterocycles. The molecule has 2 aliphatic rings. The van der Waals surface area contributed by atoms with E-state index >= 15 is 4.39 Å². The molecule has 1 unspecified atom stereocenters. The number of carbonyl (C=O) groups is 1. The number of hydrogen-bond acceptors (Lipinski definition) is 4. The quantitative estimate of drug-likeness (QED) is 0.478. The van der Waals surface area contributed by atoms with E-state index in [4.69, 9.17) is 21.4 Å². The highest BCUT2D eigenvalue weighted by molar-refractivity contribution is 6.30. The average molecular weight is 516 g/mol. The summed E-state index contributed by atoms with van der Waals surface area (Å²) in [6, 6.07) is 7.46. The second-order valence-corrected chi connectivity index (χ2v) is 9.77. The highest BCUT2D eigenvalue weighted by Crippen LogP contribution is 2.42. The zero-order valence-corrected chi connectivity index (χ0v) is 19.9. The first-order chi connectivity index (χ1) is 16.4. The van der Waals surface area contributed by atoms with Gasteiger partial charge in [-0.1, -0.05) is 30.7 Å². The Balaban J connectivity index is 1.44. The van der Waals surface area contributed by atoms with Crippen molar-refractivity contribution in [1.82, 2.24) is 4.90 Å². The van der Waals surface area contributed by atoms with Crippen LogP contribution in [0.25, 0.3) is 0 Å². The zero-order chi connectivity index (χ0) is 25.4.